The maximum absolute atomic E-state index is 11.0. The van der Waals surface area contributed by atoms with Gasteiger partial charge < -0.3 is 15.7 Å². The molecule has 86 valence electrons. The normalized spacial score (nSPS) is 36.6. The molecular weight excluding hydrogens is 192 g/mol. The van der Waals surface area contributed by atoms with Gasteiger partial charge in [0.2, 0.25) is 5.91 Å². The van der Waals surface area contributed by atoms with E-state index >= 15 is 0 Å². The van der Waals surface area contributed by atoms with Crippen LogP contribution >= 0.6 is 0 Å². The Morgan fingerprint density at radius 2 is 2.13 bits per heavy atom. The van der Waals surface area contributed by atoms with Crippen molar-refractivity contribution < 1.29 is 9.90 Å². The van der Waals surface area contributed by atoms with Crippen molar-refractivity contribution in [2.45, 2.75) is 56.7 Å². The highest BCUT2D eigenvalue weighted by Crippen LogP contribution is 2.18. The summed E-state index contributed by atoms with van der Waals surface area (Å²) in [6.45, 7) is 0.799. The van der Waals surface area contributed by atoms with E-state index in [1.165, 1.54) is 6.42 Å². The minimum atomic E-state index is -0.198. The number of amides is 1. The topological polar surface area (TPSA) is 61.4 Å². The zero-order valence-corrected chi connectivity index (χ0v) is 9.04. The summed E-state index contributed by atoms with van der Waals surface area (Å²) in [6.07, 6.45) is 5.69. The van der Waals surface area contributed by atoms with Gasteiger partial charge in [0.25, 0.3) is 0 Å². The van der Waals surface area contributed by atoms with Crippen LogP contribution in [-0.2, 0) is 4.79 Å². The van der Waals surface area contributed by atoms with Gasteiger partial charge in [-0.05, 0) is 19.3 Å². The van der Waals surface area contributed by atoms with Crippen molar-refractivity contribution in [1.82, 2.24) is 10.6 Å². The van der Waals surface area contributed by atoms with E-state index in [0.29, 0.717) is 6.42 Å². The third-order valence-corrected chi connectivity index (χ3v) is 3.44. The lowest BCUT2D eigenvalue weighted by Gasteiger charge is -2.29. The summed E-state index contributed by atoms with van der Waals surface area (Å²) in [5, 5.41) is 16.0. The van der Waals surface area contributed by atoms with Crippen LogP contribution in [0.15, 0.2) is 0 Å². The Morgan fingerprint density at radius 3 is 2.80 bits per heavy atom. The monoisotopic (exact) mass is 212 g/mol. The van der Waals surface area contributed by atoms with Crippen molar-refractivity contribution in [3.8, 4) is 0 Å². The molecule has 0 aromatic carbocycles. The quantitative estimate of drug-likeness (QED) is 0.624. The Balaban J connectivity index is 1.70. The molecule has 1 saturated carbocycles. The van der Waals surface area contributed by atoms with E-state index < -0.39 is 0 Å². The van der Waals surface area contributed by atoms with Crippen LogP contribution in [0.2, 0.25) is 0 Å². The van der Waals surface area contributed by atoms with E-state index in [0.717, 1.165) is 32.2 Å². The second-order valence-electron chi connectivity index (χ2n) is 4.67. The van der Waals surface area contributed by atoms with Crippen molar-refractivity contribution >= 4 is 5.91 Å². The molecule has 0 radical (unpaired) electrons. The lowest BCUT2D eigenvalue weighted by Crippen LogP contribution is -2.47. The molecule has 3 N–H and O–H groups in total. The van der Waals surface area contributed by atoms with Gasteiger partial charge in [0.1, 0.15) is 0 Å². The van der Waals surface area contributed by atoms with Crippen LogP contribution in [0.25, 0.3) is 0 Å². The number of hydrogen-bond acceptors (Lipinski definition) is 3. The lowest BCUT2D eigenvalue weighted by molar-refractivity contribution is -0.119. The van der Waals surface area contributed by atoms with E-state index in [1.54, 1.807) is 0 Å². The highest BCUT2D eigenvalue weighted by atomic mass is 16.3. The number of aliphatic hydroxyl groups excluding tert-OH is 1. The van der Waals surface area contributed by atoms with E-state index in [1.807, 2.05) is 0 Å². The SMILES string of the molecule is O=C1CCC(CN[C@@H]2CCCC[C@H]2O)N1. The fourth-order valence-electron chi connectivity index (χ4n) is 2.47. The maximum atomic E-state index is 11.0. The molecule has 2 fully saturated rings. The Labute approximate surface area is 90.4 Å². The molecule has 1 amide bonds. The summed E-state index contributed by atoms with van der Waals surface area (Å²) in [6, 6.07) is 0.503. The minimum absolute atomic E-state index is 0.158. The van der Waals surface area contributed by atoms with Gasteiger partial charge in [-0.15, -0.1) is 0 Å². The fraction of sp³-hybridized carbons (Fsp3) is 0.909. The number of hydrogen-bond donors (Lipinski definition) is 3. The van der Waals surface area contributed by atoms with Crippen molar-refractivity contribution in [2.75, 3.05) is 6.54 Å². The first-order chi connectivity index (χ1) is 7.25. The fourth-order valence-corrected chi connectivity index (χ4v) is 2.47. The third-order valence-electron chi connectivity index (χ3n) is 3.44. The summed E-state index contributed by atoms with van der Waals surface area (Å²) in [7, 11) is 0. The molecule has 1 saturated heterocycles. The number of carbonyl (C=O) groups is 1. The molecule has 0 aromatic heterocycles. The predicted molar refractivity (Wildman–Crippen MR) is 57.4 cm³/mol. The maximum Gasteiger partial charge on any atom is 0.220 e. The number of carbonyl (C=O) groups excluding carboxylic acids is 1. The van der Waals surface area contributed by atoms with Gasteiger partial charge in [-0.3, -0.25) is 4.79 Å². The number of aliphatic hydroxyl groups is 1. The molecule has 4 nitrogen and oxygen atoms in total. The van der Waals surface area contributed by atoms with E-state index in [4.69, 9.17) is 0 Å². The molecule has 0 bridgehead atoms. The molecule has 0 aromatic rings. The van der Waals surface area contributed by atoms with Gasteiger partial charge in [0.15, 0.2) is 0 Å². The molecule has 1 heterocycles. The first-order valence-corrected chi connectivity index (χ1v) is 5.96. The average molecular weight is 212 g/mol. The average Bonchev–Trinajstić information content (AvgIpc) is 2.63. The predicted octanol–water partition coefficient (Wildman–Crippen LogP) is 0.158. The Kier molecular flexibility index (Phi) is 3.59. The summed E-state index contributed by atoms with van der Waals surface area (Å²) in [5.41, 5.74) is 0. The van der Waals surface area contributed by atoms with E-state index in [2.05, 4.69) is 10.6 Å². The van der Waals surface area contributed by atoms with Crippen molar-refractivity contribution in [2.24, 2.45) is 0 Å². The standard InChI is InChI=1S/C11H20N2O2/c14-10-4-2-1-3-9(10)12-7-8-5-6-11(15)13-8/h8-10,12,14H,1-7H2,(H,13,15)/t8?,9-,10-/m1/s1. The number of rotatable bonds is 3. The van der Waals surface area contributed by atoms with Gasteiger partial charge in [-0.2, -0.15) is 0 Å². The van der Waals surface area contributed by atoms with Gasteiger partial charge in [0.05, 0.1) is 6.10 Å². The zero-order valence-electron chi connectivity index (χ0n) is 9.04. The second kappa shape index (κ2) is 4.94. The molecule has 3 atom stereocenters. The lowest BCUT2D eigenvalue weighted by atomic mass is 9.92. The molecule has 1 aliphatic carbocycles. The Bertz CT molecular complexity index is 233. The molecule has 15 heavy (non-hydrogen) atoms. The third kappa shape index (κ3) is 2.92. The van der Waals surface area contributed by atoms with E-state index in [9.17, 15) is 9.90 Å². The molecule has 1 unspecified atom stereocenters. The first-order valence-electron chi connectivity index (χ1n) is 5.96. The molecule has 2 aliphatic rings. The summed E-state index contributed by atoms with van der Waals surface area (Å²) in [4.78, 5) is 11.0. The number of nitrogens with one attached hydrogen (secondary N) is 2. The van der Waals surface area contributed by atoms with Crippen molar-refractivity contribution in [3.05, 3.63) is 0 Å². The van der Waals surface area contributed by atoms with Crippen molar-refractivity contribution in [3.63, 3.8) is 0 Å². The van der Waals surface area contributed by atoms with Gasteiger partial charge in [0, 0.05) is 25.0 Å². The Morgan fingerprint density at radius 1 is 1.33 bits per heavy atom. The summed E-state index contributed by atoms with van der Waals surface area (Å²) in [5.74, 6) is 0.158. The minimum Gasteiger partial charge on any atom is -0.392 e. The van der Waals surface area contributed by atoms with Gasteiger partial charge in [-0.25, -0.2) is 0 Å². The van der Waals surface area contributed by atoms with Crippen LogP contribution < -0.4 is 10.6 Å². The summed E-state index contributed by atoms with van der Waals surface area (Å²) < 4.78 is 0. The molecule has 4 heteroatoms. The van der Waals surface area contributed by atoms with Crippen LogP contribution in [0.5, 0.6) is 0 Å². The largest absolute Gasteiger partial charge is 0.392 e. The molecule has 2 rings (SSSR count). The van der Waals surface area contributed by atoms with Crippen molar-refractivity contribution in [1.29, 1.82) is 0 Å². The van der Waals surface area contributed by atoms with Gasteiger partial charge >= 0.3 is 0 Å². The second-order valence-corrected chi connectivity index (χ2v) is 4.67. The molecule has 1 aliphatic heterocycles. The van der Waals surface area contributed by atoms with Crippen LogP contribution in [-0.4, -0.2) is 35.7 Å². The van der Waals surface area contributed by atoms with Gasteiger partial charge in [-0.1, -0.05) is 12.8 Å². The van der Waals surface area contributed by atoms with Crippen LogP contribution in [0.1, 0.15) is 38.5 Å². The smallest absolute Gasteiger partial charge is 0.220 e. The zero-order chi connectivity index (χ0) is 10.7. The molecular formula is C11H20N2O2. The highest BCUT2D eigenvalue weighted by Gasteiger charge is 2.25. The highest BCUT2D eigenvalue weighted by molar-refractivity contribution is 5.78. The van der Waals surface area contributed by atoms with Crippen LogP contribution in [0, 0.1) is 0 Å². The summed E-state index contributed by atoms with van der Waals surface area (Å²) >= 11 is 0. The van der Waals surface area contributed by atoms with Crippen LogP contribution in [0.4, 0.5) is 0 Å². The Hall–Kier alpha value is -0.610. The van der Waals surface area contributed by atoms with Crippen LogP contribution in [0.3, 0.4) is 0 Å². The van der Waals surface area contributed by atoms with E-state index in [-0.39, 0.29) is 24.1 Å². The molecule has 0 spiro atoms. The first kappa shape index (κ1) is 10.9.